The number of hydrogen-bond acceptors (Lipinski definition) is 3. The average Bonchev–Trinajstić information content (AvgIpc) is 2.70. The van der Waals surface area contributed by atoms with E-state index in [1.807, 2.05) is 11.8 Å². The Balaban J connectivity index is 2.21. The lowest BCUT2D eigenvalue weighted by atomic mass is 10.0. The van der Waals surface area contributed by atoms with Crippen LogP contribution in [0.1, 0.15) is 49.3 Å². The summed E-state index contributed by atoms with van der Waals surface area (Å²) in [6.45, 7) is 4.88. The van der Waals surface area contributed by atoms with Crippen molar-refractivity contribution < 1.29 is 4.79 Å². The number of rotatable bonds is 2. The Labute approximate surface area is 101 Å². The molecule has 2 rings (SSSR count). The molecule has 1 atom stereocenters. The summed E-state index contributed by atoms with van der Waals surface area (Å²) >= 11 is 0. The molecule has 1 aliphatic rings. The Morgan fingerprint density at radius 1 is 1.59 bits per heavy atom. The molecule has 0 aromatic carbocycles. The number of carbonyl (C=O) groups is 1. The summed E-state index contributed by atoms with van der Waals surface area (Å²) in [6.07, 6.45) is 4.10. The first kappa shape index (κ1) is 12.0. The highest BCUT2D eigenvalue weighted by Crippen LogP contribution is 2.22. The molecule has 1 aliphatic heterocycles. The number of aromatic amines is 1. The first-order valence-electron chi connectivity index (χ1n) is 6.28. The molecule has 1 fully saturated rings. The van der Waals surface area contributed by atoms with Crippen molar-refractivity contribution in [3.05, 3.63) is 11.4 Å². The van der Waals surface area contributed by atoms with Crippen molar-refractivity contribution in [1.82, 2.24) is 15.1 Å². The molecule has 0 radical (unpaired) electrons. The van der Waals surface area contributed by atoms with Gasteiger partial charge in [0.1, 0.15) is 0 Å². The van der Waals surface area contributed by atoms with Crippen LogP contribution in [-0.2, 0) is 6.42 Å². The van der Waals surface area contributed by atoms with Crippen LogP contribution in [0.5, 0.6) is 0 Å². The van der Waals surface area contributed by atoms with E-state index in [9.17, 15) is 4.79 Å². The molecule has 5 nitrogen and oxygen atoms in total. The molecule has 1 saturated heterocycles. The highest BCUT2D eigenvalue weighted by Gasteiger charge is 2.27. The third-order valence-corrected chi connectivity index (χ3v) is 3.50. The van der Waals surface area contributed by atoms with Gasteiger partial charge in [0.15, 0.2) is 5.69 Å². The van der Waals surface area contributed by atoms with Gasteiger partial charge in [-0.25, -0.2) is 0 Å². The van der Waals surface area contributed by atoms with Crippen molar-refractivity contribution >= 4 is 11.6 Å². The number of H-pyrrole nitrogens is 1. The molecule has 0 saturated carbocycles. The van der Waals surface area contributed by atoms with Crippen LogP contribution in [0, 0.1) is 0 Å². The van der Waals surface area contributed by atoms with Crippen LogP contribution in [0.25, 0.3) is 0 Å². The first-order chi connectivity index (χ1) is 8.15. The van der Waals surface area contributed by atoms with E-state index in [-0.39, 0.29) is 11.9 Å². The summed E-state index contributed by atoms with van der Waals surface area (Å²) < 4.78 is 0. The van der Waals surface area contributed by atoms with Gasteiger partial charge in [-0.2, -0.15) is 5.10 Å². The van der Waals surface area contributed by atoms with Crippen LogP contribution >= 0.6 is 0 Å². The average molecular weight is 236 g/mol. The summed E-state index contributed by atoms with van der Waals surface area (Å²) in [6, 6.07) is 0.289. The predicted molar refractivity (Wildman–Crippen MR) is 66.7 cm³/mol. The van der Waals surface area contributed by atoms with Gasteiger partial charge in [0, 0.05) is 12.6 Å². The van der Waals surface area contributed by atoms with E-state index in [1.54, 1.807) is 0 Å². The largest absolute Gasteiger partial charge is 0.395 e. The smallest absolute Gasteiger partial charge is 0.276 e. The number of nitrogens with one attached hydrogen (secondary N) is 1. The van der Waals surface area contributed by atoms with E-state index in [4.69, 9.17) is 5.73 Å². The Morgan fingerprint density at radius 3 is 2.94 bits per heavy atom. The highest BCUT2D eigenvalue weighted by molar-refractivity contribution is 5.97. The third-order valence-electron chi connectivity index (χ3n) is 3.50. The number of nitrogens with two attached hydrogens (primary N) is 1. The summed E-state index contributed by atoms with van der Waals surface area (Å²) in [5, 5.41) is 6.89. The molecule has 0 aliphatic carbocycles. The first-order valence-corrected chi connectivity index (χ1v) is 6.28. The molecule has 3 N–H and O–H groups in total. The number of piperidine rings is 1. The van der Waals surface area contributed by atoms with Gasteiger partial charge < -0.3 is 10.6 Å². The minimum atomic E-state index is -0.0364. The van der Waals surface area contributed by atoms with Crippen LogP contribution in [0.4, 0.5) is 5.69 Å². The van der Waals surface area contributed by atoms with Crippen molar-refractivity contribution in [2.45, 2.75) is 45.6 Å². The Hall–Kier alpha value is -1.52. The fourth-order valence-corrected chi connectivity index (χ4v) is 2.36. The fraction of sp³-hybridized carbons (Fsp3) is 0.667. The van der Waals surface area contributed by atoms with E-state index < -0.39 is 0 Å². The molecule has 17 heavy (non-hydrogen) atoms. The van der Waals surface area contributed by atoms with Crippen molar-refractivity contribution in [3.63, 3.8) is 0 Å². The van der Waals surface area contributed by atoms with Crippen LogP contribution in [-0.4, -0.2) is 33.6 Å². The minimum Gasteiger partial charge on any atom is -0.395 e. The Morgan fingerprint density at radius 2 is 2.35 bits per heavy atom. The minimum absolute atomic E-state index is 0.0364. The molecule has 1 amide bonds. The molecule has 0 spiro atoms. The highest BCUT2D eigenvalue weighted by atomic mass is 16.2. The van der Waals surface area contributed by atoms with E-state index in [1.165, 1.54) is 6.42 Å². The van der Waals surface area contributed by atoms with Crippen LogP contribution in [0.3, 0.4) is 0 Å². The van der Waals surface area contributed by atoms with Crippen LogP contribution < -0.4 is 5.73 Å². The Kier molecular flexibility index (Phi) is 3.36. The topological polar surface area (TPSA) is 75.0 Å². The number of hydrogen-bond donors (Lipinski definition) is 2. The van der Waals surface area contributed by atoms with Gasteiger partial charge in [0.2, 0.25) is 0 Å². The molecule has 1 aromatic heterocycles. The number of nitrogens with zero attached hydrogens (tertiary/aromatic N) is 2. The quantitative estimate of drug-likeness (QED) is 0.818. The van der Waals surface area contributed by atoms with Crippen molar-refractivity contribution in [1.29, 1.82) is 0 Å². The van der Waals surface area contributed by atoms with Gasteiger partial charge in [-0.05, 0) is 32.6 Å². The molecule has 1 unspecified atom stereocenters. The number of anilines is 1. The van der Waals surface area contributed by atoms with E-state index in [0.717, 1.165) is 31.5 Å². The van der Waals surface area contributed by atoms with Crippen LogP contribution in [0.15, 0.2) is 0 Å². The van der Waals surface area contributed by atoms with Crippen LogP contribution in [0.2, 0.25) is 0 Å². The lowest BCUT2D eigenvalue weighted by Gasteiger charge is -2.32. The van der Waals surface area contributed by atoms with E-state index in [2.05, 4.69) is 17.1 Å². The summed E-state index contributed by atoms with van der Waals surface area (Å²) in [7, 11) is 0. The van der Waals surface area contributed by atoms with Gasteiger partial charge in [0.05, 0.1) is 11.4 Å². The second kappa shape index (κ2) is 4.77. The molecule has 2 heterocycles. The van der Waals surface area contributed by atoms with Gasteiger partial charge in [-0.3, -0.25) is 9.89 Å². The molecular formula is C12H20N4O. The molecular weight excluding hydrogens is 216 g/mol. The van der Waals surface area contributed by atoms with E-state index in [0.29, 0.717) is 11.4 Å². The molecule has 5 heteroatoms. The van der Waals surface area contributed by atoms with Gasteiger partial charge in [0.25, 0.3) is 5.91 Å². The third kappa shape index (κ3) is 2.14. The summed E-state index contributed by atoms with van der Waals surface area (Å²) in [5.74, 6) is -0.0364. The van der Waals surface area contributed by atoms with Crippen molar-refractivity contribution in [2.24, 2.45) is 0 Å². The Bertz CT molecular complexity index is 413. The van der Waals surface area contributed by atoms with Gasteiger partial charge >= 0.3 is 0 Å². The maximum atomic E-state index is 12.3. The number of carbonyl (C=O) groups excluding carboxylic acids is 1. The monoisotopic (exact) mass is 236 g/mol. The summed E-state index contributed by atoms with van der Waals surface area (Å²) in [4.78, 5) is 14.2. The van der Waals surface area contributed by atoms with Crippen molar-refractivity contribution in [2.75, 3.05) is 12.3 Å². The molecule has 94 valence electrons. The zero-order valence-electron chi connectivity index (χ0n) is 10.5. The van der Waals surface area contributed by atoms with Gasteiger partial charge in [-0.1, -0.05) is 6.92 Å². The number of aryl methyl sites for hydroxylation is 1. The summed E-state index contributed by atoms with van der Waals surface area (Å²) in [5.41, 5.74) is 7.67. The molecule has 0 bridgehead atoms. The number of nitrogen functional groups attached to an aromatic ring is 1. The maximum absolute atomic E-state index is 12.3. The standard InChI is InChI=1S/C12H20N4O/c1-3-9-10(13)11(15-14-9)12(17)16-7-5-4-6-8(16)2/h8H,3-7,13H2,1-2H3,(H,14,15). The van der Waals surface area contributed by atoms with Gasteiger partial charge in [-0.15, -0.1) is 0 Å². The number of aromatic nitrogens is 2. The lowest BCUT2D eigenvalue weighted by Crippen LogP contribution is -2.42. The number of likely N-dealkylation sites (tertiary alicyclic amines) is 1. The lowest BCUT2D eigenvalue weighted by molar-refractivity contribution is 0.0630. The predicted octanol–water partition coefficient (Wildman–Crippen LogP) is 1.57. The zero-order valence-corrected chi connectivity index (χ0v) is 10.5. The second-order valence-electron chi connectivity index (χ2n) is 4.66. The molecule has 1 aromatic rings. The SMILES string of the molecule is CCc1[nH]nc(C(=O)N2CCCCC2C)c1N. The zero-order chi connectivity index (χ0) is 12.4. The fourth-order valence-electron chi connectivity index (χ4n) is 2.36. The van der Waals surface area contributed by atoms with Crippen molar-refractivity contribution in [3.8, 4) is 0 Å². The number of amides is 1. The normalized spacial score (nSPS) is 20.6. The second-order valence-corrected chi connectivity index (χ2v) is 4.66. The maximum Gasteiger partial charge on any atom is 0.276 e. The van der Waals surface area contributed by atoms with E-state index >= 15 is 0 Å².